The Morgan fingerprint density at radius 1 is 1.23 bits per heavy atom. The molecule has 0 unspecified atom stereocenters. The van der Waals surface area contributed by atoms with E-state index < -0.39 is 0 Å². The Bertz CT molecular complexity index is 611. The predicted octanol–water partition coefficient (Wildman–Crippen LogP) is 3.34. The first-order valence-electron chi connectivity index (χ1n) is 7.78. The van der Waals surface area contributed by atoms with Gasteiger partial charge in [0.1, 0.15) is 0 Å². The minimum absolute atomic E-state index is 0.00733. The van der Waals surface area contributed by atoms with Crippen LogP contribution in [-0.4, -0.2) is 33.4 Å². The molecule has 0 aliphatic heterocycles. The van der Waals surface area contributed by atoms with Crippen LogP contribution in [0.3, 0.4) is 0 Å². The lowest BCUT2D eigenvalue weighted by atomic mass is 10.1. The molecular formula is C18H25N3O. The van der Waals surface area contributed by atoms with Crippen molar-refractivity contribution in [2.24, 2.45) is 0 Å². The van der Waals surface area contributed by atoms with E-state index in [1.165, 1.54) is 5.56 Å². The van der Waals surface area contributed by atoms with Crippen LogP contribution in [0, 0.1) is 0 Å². The van der Waals surface area contributed by atoms with E-state index >= 15 is 0 Å². The maximum Gasteiger partial charge on any atom is 0.255 e. The van der Waals surface area contributed by atoms with Crippen molar-refractivity contribution in [2.45, 2.75) is 39.7 Å². The molecule has 0 aliphatic rings. The van der Waals surface area contributed by atoms with Gasteiger partial charge in [0.05, 0.1) is 5.56 Å². The van der Waals surface area contributed by atoms with Crippen LogP contribution in [0.25, 0.3) is 0 Å². The molecular weight excluding hydrogens is 274 g/mol. The highest BCUT2D eigenvalue weighted by molar-refractivity contribution is 5.94. The minimum atomic E-state index is -0.00733. The average molecular weight is 299 g/mol. The van der Waals surface area contributed by atoms with Gasteiger partial charge in [0, 0.05) is 43.4 Å². The molecule has 2 heterocycles. The van der Waals surface area contributed by atoms with Crippen molar-refractivity contribution in [1.29, 1.82) is 0 Å². The van der Waals surface area contributed by atoms with Crippen molar-refractivity contribution in [3.63, 3.8) is 0 Å². The number of rotatable bonds is 5. The van der Waals surface area contributed by atoms with E-state index in [-0.39, 0.29) is 11.4 Å². The third-order valence-electron chi connectivity index (χ3n) is 3.80. The smallest absolute Gasteiger partial charge is 0.255 e. The van der Waals surface area contributed by atoms with Crippen LogP contribution in [0.1, 0.15) is 43.6 Å². The predicted molar refractivity (Wildman–Crippen MR) is 88.9 cm³/mol. The van der Waals surface area contributed by atoms with Gasteiger partial charge in [-0.3, -0.25) is 9.78 Å². The van der Waals surface area contributed by atoms with Crippen molar-refractivity contribution < 1.29 is 4.79 Å². The minimum Gasteiger partial charge on any atom is -0.348 e. The van der Waals surface area contributed by atoms with E-state index in [1.807, 2.05) is 42.4 Å². The molecule has 2 aromatic rings. The Morgan fingerprint density at radius 2 is 1.91 bits per heavy atom. The van der Waals surface area contributed by atoms with E-state index in [0.717, 1.165) is 18.5 Å². The second kappa shape index (κ2) is 6.77. The zero-order valence-electron chi connectivity index (χ0n) is 13.9. The highest BCUT2D eigenvalue weighted by atomic mass is 16.2. The van der Waals surface area contributed by atoms with Gasteiger partial charge < -0.3 is 9.47 Å². The summed E-state index contributed by atoms with van der Waals surface area (Å²) >= 11 is 0. The number of carbonyl (C=O) groups excluding carboxylic acids is 1. The van der Waals surface area contributed by atoms with Crippen molar-refractivity contribution >= 4 is 5.91 Å². The van der Waals surface area contributed by atoms with Gasteiger partial charge in [-0.05, 0) is 57.9 Å². The Kier molecular flexibility index (Phi) is 5.01. The summed E-state index contributed by atoms with van der Waals surface area (Å²) in [5, 5.41) is 0. The Hall–Kier alpha value is -2.10. The molecule has 0 aliphatic carbocycles. The van der Waals surface area contributed by atoms with Gasteiger partial charge >= 0.3 is 0 Å². The molecule has 2 rings (SSSR count). The number of hydrogen-bond donors (Lipinski definition) is 0. The van der Waals surface area contributed by atoms with Crippen molar-refractivity contribution in [2.75, 3.05) is 13.1 Å². The zero-order valence-corrected chi connectivity index (χ0v) is 13.9. The van der Waals surface area contributed by atoms with Gasteiger partial charge in [0.2, 0.25) is 0 Å². The number of amides is 1. The average Bonchev–Trinajstić information content (AvgIpc) is 2.98. The van der Waals surface area contributed by atoms with Gasteiger partial charge in [0.25, 0.3) is 5.91 Å². The summed E-state index contributed by atoms with van der Waals surface area (Å²) in [7, 11) is 0. The van der Waals surface area contributed by atoms with Crippen LogP contribution < -0.4 is 0 Å². The third kappa shape index (κ3) is 3.97. The lowest BCUT2D eigenvalue weighted by molar-refractivity contribution is 0.0766. The lowest BCUT2D eigenvalue weighted by Gasteiger charge is -2.22. The fourth-order valence-corrected chi connectivity index (χ4v) is 2.34. The van der Waals surface area contributed by atoms with Gasteiger partial charge in [-0.2, -0.15) is 0 Å². The molecule has 0 atom stereocenters. The largest absolute Gasteiger partial charge is 0.348 e. The first-order chi connectivity index (χ1) is 10.4. The number of carbonyl (C=O) groups is 1. The van der Waals surface area contributed by atoms with Crippen molar-refractivity contribution in [3.05, 3.63) is 54.1 Å². The monoisotopic (exact) mass is 299 g/mol. The first-order valence-corrected chi connectivity index (χ1v) is 7.78. The summed E-state index contributed by atoms with van der Waals surface area (Å²) in [6.45, 7) is 9.84. The summed E-state index contributed by atoms with van der Waals surface area (Å²) in [4.78, 5) is 18.5. The van der Waals surface area contributed by atoms with Gasteiger partial charge in [0.15, 0.2) is 0 Å². The molecule has 1 amide bonds. The number of pyridine rings is 1. The molecule has 4 nitrogen and oxygen atoms in total. The Labute approximate surface area is 132 Å². The van der Waals surface area contributed by atoms with Crippen LogP contribution in [0.5, 0.6) is 0 Å². The summed E-state index contributed by atoms with van der Waals surface area (Å²) in [5.74, 6) is 0.0968. The summed E-state index contributed by atoms with van der Waals surface area (Å²) in [5.41, 5.74) is 1.95. The van der Waals surface area contributed by atoms with Gasteiger partial charge in [-0.1, -0.05) is 0 Å². The van der Waals surface area contributed by atoms with E-state index in [4.69, 9.17) is 0 Å². The van der Waals surface area contributed by atoms with Gasteiger partial charge in [-0.25, -0.2) is 0 Å². The fourth-order valence-electron chi connectivity index (χ4n) is 2.34. The second-order valence-corrected chi connectivity index (χ2v) is 6.47. The van der Waals surface area contributed by atoms with E-state index in [1.54, 1.807) is 12.4 Å². The quantitative estimate of drug-likeness (QED) is 0.849. The highest BCUT2D eigenvalue weighted by Crippen LogP contribution is 2.17. The molecule has 22 heavy (non-hydrogen) atoms. The zero-order chi connectivity index (χ0) is 16.2. The number of aromatic nitrogens is 2. The number of nitrogens with zero attached hydrogens (tertiary/aromatic N) is 3. The molecule has 2 aromatic heterocycles. The van der Waals surface area contributed by atoms with Gasteiger partial charge in [-0.15, -0.1) is 0 Å². The normalized spacial score (nSPS) is 11.5. The molecule has 0 bridgehead atoms. The van der Waals surface area contributed by atoms with E-state index in [2.05, 4.69) is 30.3 Å². The fraction of sp³-hybridized carbons (Fsp3) is 0.444. The molecule has 118 valence electrons. The SMILES string of the molecule is CCN(CCc1ccncc1)C(=O)c1ccn(C(C)(C)C)c1. The topological polar surface area (TPSA) is 38.1 Å². The van der Waals surface area contributed by atoms with Crippen molar-refractivity contribution in [3.8, 4) is 0 Å². The molecule has 0 N–H and O–H groups in total. The molecule has 0 fully saturated rings. The lowest BCUT2D eigenvalue weighted by Crippen LogP contribution is -2.32. The van der Waals surface area contributed by atoms with E-state index in [9.17, 15) is 4.79 Å². The Morgan fingerprint density at radius 3 is 2.45 bits per heavy atom. The van der Waals surface area contributed by atoms with Crippen LogP contribution in [0.15, 0.2) is 43.0 Å². The van der Waals surface area contributed by atoms with Crippen molar-refractivity contribution in [1.82, 2.24) is 14.5 Å². The number of likely N-dealkylation sites (N-methyl/N-ethyl adjacent to an activating group) is 1. The molecule has 0 saturated heterocycles. The Balaban J connectivity index is 2.04. The molecule has 0 saturated carbocycles. The molecule has 4 heteroatoms. The second-order valence-electron chi connectivity index (χ2n) is 6.47. The third-order valence-corrected chi connectivity index (χ3v) is 3.80. The standard InChI is InChI=1S/C18H25N3O/c1-5-20(12-8-15-6-10-19-11-7-15)17(22)16-9-13-21(14-16)18(2,3)4/h6-7,9-11,13-14H,5,8,12H2,1-4H3. The van der Waals surface area contributed by atoms with E-state index in [0.29, 0.717) is 6.54 Å². The van der Waals surface area contributed by atoms with Crippen LogP contribution in [-0.2, 0) is 12.0 Å². The molecule has 0 spiro atoms. The van der Waals surface area contributed by atoms with Crippen LogP contribution in [0.2, 0.25) is 0 Å². The summed E-state index contributed by atoms with van der Waals surface area (Å²) < 4.78 is 2.08. The maximum absolute atomic E-state index is 12.6. The molecule has 0 aromatic carbocycles. The molecule has 0 radical (unpaired) electrons. The first kappa shape index (κ1) is 16.3. The maximum atomic E-state index is 12.6. The summed E-state index contributed by atoms with van der Waals surface area (Å²) in [6.07, 6.45) is 8.34. The highest BCUT2D eigenvalue weighted by Gasteiger charge is 2.18. The number of hydrogen-bond acceptors (Lipinski definition) is 2. The van der Waals surface area contributed by atoms with Crippen LogP contribution in [0.4, 0.5) is 0 Å². The van der Waals surface area contributed by atoms with Crippen LogP contribution >= 0.6 is 0 Å². The summed E-state index contributed by atoms with van der Waals surface area (Å²) in [6, 6.07) is 5.89.